The SMILES string of the molecule is CC.CC.CC.CC1(O)CCN(Cc2ccccc2)CC1.c1ccc(Sc2ccccc2)cc1. The topological polar surface area (TPSA) is 23.5 Å². The maximum atomic E-state index is 9.83. The third-order valence-corrected chi connectivity index (χ3v) is 5.92. The van der Waals surface area contributed by atoms with Crippen molar-refractivity contribution in [1.82, 2.24) is 4.90 Å². The Morgan fingerprint density at radius 2 is 1.00 bits per heavy atom. The molecule has 0 bridgehead atoms. The minimum atomic E-state index is -0.437. The molecule has 1 heterocycles. The molecular weight excluding hydrogens is 434 g/mol. The van der Waals surface area contributed by atoms with E-state index in [0.717, 1.165) is 32.5 Å². The molecule has 1 aliphatic rings. The largest absolute Gasteiger partial charge is 0.390 e. The van der Waals surface area contributed by atoms with Crippen molar-refractivity contribution in [2.45, 2.75) is 83.2 Å². The number of benzene rings is 3. The van der Waals surface area contributed by atoms with Crippen LogP contribution in [0.4, 0.5) is 0 Å². The Labute approximate surface area is 214 Å². The summed E-state index contributed by atoms with van der Waals surface area (Å²) in [5, 5.41) is 9.83. The average molecular weight is 482 g/mol. The number of hydrogen-bond donors (Lipinski definition) is 1. The molecular formula is C31H47NOS. The smallest absolute Gasteiger partial charge is 0.0644 e. The number of piperidine rings is 1. The van der Waals surface area contributed by atoms with Crippen LogP contribution in [-0.2, 0) is 6.54 Å². The van der Waals surface area contributed by atoms with Gasteiger partial charge < -0.3 is 5.11 Å². The van der Waals surface area contributed by atoms with E-state index in [2.05, 4.69) is 77.7 Å². The van der Waals surface area contributed by atoms with E-state index >= 15 is 0 Å². The van der Waals surface area contributed by atoms with Crippen molar-refractivity contribution >= 4 is 11.8 Å². The summed E-state index contributed by atoms with van der Waals surface area (Å²) in [6.45, 7) is 17.0. The molecule has 0 saturated carbocycles. The lowest BCUT2D eigenvalue weighted by molar-refractivity contribution is -0.00730. The molecule has 0 amide bonds. The molecule has 34 heavy (non-hydrogen) atoms. The Bertz CT molecular complexity index is 759. The molecule has 1 aliphatic heterocycles. The molecule has 0 atom stereocenters. The van der Waals surface area contributed by atoms with Crippen molar-refractivity contribution in [1.29, 1.82) is 0 Å². The van der Waals surface area contributed by atoms with E-state index in [1.54, 1.807) is 11.8 Å². The molecule has 2 nitrogen and oxygen atoms in total. The van der Waals surface area contributed by atoms with Gasteiger partial charge in [0.05, 0.1) is 5.60 Å². The molecule has 0 aromatic heterocycles. The zero-order valence-corrected chi connectivity index (χ0v) is 23.3. The second kappa shape index (κ2) is 20.3. The summed E-state index contributed by atoms with van der Waals surface area (Å²) in [7, 11) is 0. The van der Waals surface area contributed by atoms with Crippen molar-refractivity contribution in [3.8, 4) is 0 Å². The summed E-state index contributed by atoms with van der Waals surface area (Å²) in [6, 6.07) is 31.3. The molecule has 3 heteroatoms. The second-order valence-electron chi connectivity index (χ2n) is 7.49. The first kappa shape index (κ1) is 31.9. The second-order valence-corrected chi connectivity index (χ2v) is 8.63. The summed E-state index contributed by atoms with van der Waals surface area (Å²) < 4.78 is 0. The monoisotopic (exact) mass is 481 g/mol. The summed E-state index contributed by atoms with van der Waals surface area (Å²) in [5.74, 6) is 0. The van der Waals surface area contributed by atoms with Gasteiger partial charge in [0.1, 0.15) is 0 Å². The number of rotatable bonds is 4. The summed E-state index contributed by atoms with van der Waals surface area (Å²) in [6.07, 6.45) is 1.78. The Hall–Kier alpha value is -2.07. The lowest BCUT2D eigenvalue weighted by Crippen LogP contribution is -2.41. The maximum Gasteiger partial charge on any atom is 0.0644 e. The van der Waals surface area contributed by atoms with Gasteiger partial charge in [-0.1, -0.05) is 120 Å². The van der Waals surface area contributed by atoms with Crippen LogP contribution in [-0.4, -0.2) is 28.7 Å². The van der Waals surface area contributed by atoms with Gasteiger partial charge in [0.25, 0.3) is 0 Å². The first-order valence-electron chi connectivity index (χ1n) is 12.9. The molecule has 1 N–H and O–H groups in total. The fourth-order valence-electron chi connectivity index (χ4n) is 3.15. The van der Waals surface area contributed by atoms with Crippen LogP contribution in [0.15, 0.2) is 101 Å². The van der Waals surface area contributed by atoms with E-state index < -0.39 is 5.60 Å². The van der Waals surface area contributed by atoms with Crippen molar-refractivity contribution in [3.63, 3.8) is 0 Å². The van der Waals surface area contributed by atoms with Gasteiger partial charge in [-0.25, -0.2) is 0 Å². The molecule has 1 saturated heterocycles. The van der Waals surface area contributed by atoms with E-state index in [1.807, 2.05) is 66.7 Å². The molecule has 188 valence electrons. The van der Waals surface area contributed by atoms with Gasteiger partial charge in [-0.15, -0.1) is 0 Å². The molecule has 4 rings (SSSR count). The highest BCUT2D eigenvalue weighted by Gasteiger charge is 2.26. The van der Waals surface area contributed by atoms with Crippen LogP contribution >= 0.6 is 11.8 Å². The number of aliphatic hydroxyl groups is 1. The van der Waals surface area contributed by atoms with Gasteiger partial charge in [0.2, 0.25) is 0 Å². The lowest BCUT2D eigenvalue weighted by atomic mass is 9.93. The lowest BCUT2D eigenvalue weighted by Gasteiger charge is -2.35. The third kappa shape index (κ3) is 14.2. The Kier molecular flexibility index (Phi) is 19.1. The summed E-state index contributed by atoms with van der Waals surface area (Å²) in [4.78, 5) is 4.98. The highest BCUT2D eigenvalue weighted by atomic mass is 32.2. The minimum absolute atomic E-state index is 0.437. The highest BCUT2D eigenvalue weighted by Crippen LogP contribution is 2.26. The molecule has 0 radical (unpaired) electrons. The maximum absolute atomic E-state index is 9.83. The summed E-state index contributed by atoms with van der Waals surface area (Å²) >= 11 is 1.79. The van der Waals surface area contributed by atoms with Crippen LogP contribution in [0, 0.1) is 0 Å². The molecule has 0 aliphatic carbocycles. The van der Waals surface area contributed by atoms with Crippen molar-refractivity contribution < 1.29 is 5.11 Å². The molecule has 0 unspecified atom stereocenters. The summed E-state index contributed by atoms with van der Waals surface area (Å²) in [5.41, 5.74) is 0.923. The van der Waals surface area contributed by atoms with Crippen LogP contribution in [0.2, 0.25) is 0 Å². The Morgan fingerprint density at radius 3 is 1.38 bits per heavy atom. The third-order valence-electron chi connectivity index (χ3n) is 4.90. The molecule has 3 aromatic rings. The van der Waals surface area contributed by atoms with Crippen LogP contribution in [0.25, 0.3) is 0 Å². The van der Waals surface area contributed by atoms with E-state index in [4.69, 9.17) is 0 Å². The molecule has 3 aromatic carbocycles. The minimum Gasteiger partial charge on any atom is -0.390 e. The predicted octanol–water partition coefficient (Wildman–Crippen LogP) is 8.95. The number of likely N-dealkylation sites (tertiary alicyclic amines) is 1. The van der Waals surface area contributed by atoms with Gasteiger partial charge in [-0.05, 0) is 49.6 Å². The Balaban J connectivity index is 0.000000529. The fraction of sp³-hybridized carbons (Fsp3) is 0.419. The average Bonchev–Trinajstić information content (AvgIpc) is 2.91. The quantitative estimate of drug-likeness (QED) is 0.402. The van der Waals surface area contributed by atoms with Gasteiger partial charge in [-0.3, -0.25) is 4.90 Å². The normalized spacial score (nSPS) is 13.8. The van der Waals surface area contributed by atoms with E-state index in [9.17, 15) is 5.11 Å². The standard InChI is InChI=1S/C13H19NO.C12H10S.3C2H6/c1-13(15)7-9-14(10-8-13)11-12-5-3-2-4-6-12;1-3-7-11(8-4-1)13-12-9-5-2-6-10-12;3*1-2/h2-6,15H,7-11H2,1H3;1-10H;3*1-2H3. The van der Waals surface area contributed by atoms with Gasteiger partial charge in [0, 0.05) is 29.4 Å². The predicted molar refractivity (Wildman–Crippen MR) is 153 cm³/mol. The van der Waals surface area contributed by atoms with Crippen molar-refractivity contribution in [3.05, 3.63) is 96.6 Å². The van der Waals surface area contributed by atoms with Crippen LogP contribution in [0.1, 0.15) is 66.9 Å². The number of nitrogens with zero attached hydrogens (tertiary/aromatic N) is 1. The van der Waals surface area contributed by atoms with Crippen LogP contribution < -0.4 is 0 Å². The molecule has 0 spiro atoms. The van der Waals surface area contributed by atoms with Crippen LogP contribution in [0.3, 0.4) is 0 Å². The van der Waals surface area contributed by atoms with Crippen LogP contribution in [0.5, 0.6) is 0 Å². The van der Waals surface area contributed by atoms with Gasteiger partial charge >= 0.3 is 0 Å². The van der Waals surface area contributed by atoms with Crippen molar-refractivity contribution in [2.75, 3.05) is 13.1 Å². The van der Waals surface area contributed by atoms with E-state index in [0.29, 0.717) is 0 Å². The zero-order chi connectivity index (χ0) is 25.7. The Morgan fingerprint density at radius 1 is 0.647 bits per heavy atom. The van der Waals surface area contributed by atoms with Gasteiger partial charge in [-0.2, -0.15) is 0 Å². The zero-order valence-electron chi connectivity index (χ0n) is 22.5. The fourth-order valence-corrected chi connectivity index (χ4v) is 4.01. The van der Waals surface area contributed by atoms with E-state index in [-0.39, 0.29) is 0 Å². The molecule has 1 fully saturated rings. The highest BCUT2D eigenvalue weighted by molar-refractivity contribution is 7.99. The first-order valence-corrected chi connectivity index (χ1v) is 13.7. The first-order chi connectivity index (χ1) is 16.6. The van der Waals surface area contributed by atoms with Crippen molar-refractivity contribution in [2.24, 2.45) is 0 Å². The number of hydrogen-bond acceptors (Lipinski definition) is 3. The van der Waals surface area contributed by atoms with Gasteiger partial charge in [0.15, 0.2) is 0 Å². The van der Waals surface area contributed by atoms with E-state index in [1.165, 1.54) is 15.4 Å².